The summed E-state index contributed by atoms with van der Waals surface area (Å²) in [5.74, 6) is 0.744. The number of nitrogen functional groups attached to an aromatic ring is 2. The van der Waals surface area contributed by atoms with E-state index in [1.165, 1.54) is 12.5 Å². The van der Waals surface area contributed by atoms with Crippen molar-refractivity contribution in [1.82, 2.24) is 30.2 Å². The molecule has 0 radical (unpaired) electrons. The van der Waals surface area contributed by atoms with Crippen molar-refractivity contribution in [3.63, 3.8) is 0 Å². The van der Waals surface area contributed by atoms with E-state index in [9.17, 15) is 26.4 Å². The highest BCUT2D eigenvalue weighted by Crippen LogP contribution is 2.29. The average molecular weight is 909 g/mol. The van der Waals surface area contributed by atoms with Crippen LogP contribution in [0.3, 0.4) is 0 Å². The number of anilines is 2. The van der Waals surface area contributed by atoms with E-state index in [4.69, 9.17) is 11.5 Å². The van der Waals surface area contributed by atoms with E-state index < -0.39 is 19.7 Å². The van der Waals surface area contributed by atoms with Gasteiger partial charge in [-0.15, -0.1) is 0 Å². The number of nitrogens with zero attached hydrogens (tertiary/aromatic N) is 4. The second-order valence-corrected chi connectivity index (χ2v) is 22.4. The van der Waals surface area contributed by atoms with Crippen molar-refractivity contribution in [2.45, 2.75) is 77.3 Å². The fourth-order valence-corrected chi connectivity index (χ4v) is 7.93. The lowest BCUT2D eigenvalue weighted by molar-refractivity contribution is 0.0946. The van der Waals surface area contributed by atoms with Gasteiger partial charge in [0.1, 0.15) is 5.82 Å². The minimum Gasteiger partial charge on any atom is -0.383 e. The summed E-state index contributed by atoms with van der Waals surface area (Å²) in [6.07, 6.45) is 7.27. The molecule has 16 heteroatoms. The Morgan fingerprint density at radius 3 is 1.39 bits per heavy atom. The number of benzene rings is 4. The number of amides is 2. The molecule has 0 aliphatic heterocycles. The molecule has 0 saturated heterocycles. The Bertz CT molecular complexity index is 2630. The number of carbonyl (C=O) groups excluding carboxylic acids is 2. The summed E-state index contributed by atoms with van der Waals surface area (Å²) in [7, 11) is -6.41. The molecule has 14 nitrogen and oxygen atoms in total. The fourth-order valence-electron chi connectivity index (χ4n) is 6.67. The minimum atomic E-state index is -3.21. The van der Waals surface area contributed by atoms with Gasteiger partial charge in [0.05, 0.1) is 16.0 Å². The summed E-state index contributed by atoms with van der Waals surface area (Å²) in [6.45, 7) is 15.2. The standard InChI is InChI=1S/2C24H30N4O3S/c1-24(2,3)16-28-15-21(22(25)27-28)18-7-9-19(10-8-18)23(29)26-14-13-17-5-11-20(12-6-17)32(4,30)31;1-24(2,3)16-28-22(25)21(15-27-28)18-7-9-19(10-8-18)23(29)26-14-13-17-5-11-20(12-6-17)32(4,30)31/h5-12,15H,13-14,16H2,1-4H3,(H2,25,27)(H,26,29);5-12,15H,13-14,16,25H2,1-4H3,(H,26,29). The topological polar surface area (TPSA) is 214 Å². The number of rotatable bonds is 14. The van der Waals surface area contributed by atoms with Crippen molar-refractivity contribution >= 4 is 43.1 Å². The molecular weight excluding hydrogens is 849 g/mol. The van der Waals surface area contributed by atoms with Crippen LogP contribution in [0.1, 0.15) is 73.4 Å². The van der Waals surface area contributed by atoms with Crippen LogP contribution in [-0.4, -0.2) is 73.8 Å². The monoisotopic (exact) mass is 908 g/mol. The number of sulfone groups is 2. The van der Waals surface area contributed by atoms with Crippen LogP contribution in [0.25, 0.3) is 22.3 Å². The van der Waals surface area contributed by atoms with Crippen molar-refractivity contribution in [1.29, 1.82) is 0 Å². The van der Waals surface area contributed by atoms with E-state index in [2.05, 4.69) is 62.4 Å². The van der Waals surface area contributed by atoms with E-state index in [1.54, 1.807) is 83.7 Å². The van der Waals surface area contributed by atoms with Gasteiger partial charge < -0.3 is 22.1 Å². The summed E-state index contributed by atoms with van der Waals surface area (Å²) in [5, 5.41) is 14.6. The molecule has 6 N–H and O–H groups in total. The number of aromatic nitrogens is 4. The Morgan fingerprint density at radius 2 is 1.00 bits per heavy atom. The van der Waals surface area contributed by atoms with Crippen LogP contribution >= 0.6 is 0 Å². The van der Waals surface area contributed by atoms with Gasteiger partial charge in [-0.1, -0.05) is 90.1 Å². The van der Waals surface area contributed by atoms with E-state index in [1.807, 2.05) is 35.1 Å². The molecule has 340 valence electrons. The zero-order valence-corrected chi connectivity index (χ0v) is 39.5. The lowest BCUT2D eigenvalue weighted by atomic mass is 9.97. The molecule has 0 spiro atoms. The molecule has 6 aromatic rings. The third-order valence-corrected chi connectivity index (χ3v) is 12.2. The van der Waals surface area contributed by atoms with Crippen molar-refractivity contribution < 1.29 is 26.4 Å². The molecule has 0 atom stereocenters. The molecule has 2 heterocycles. The first-order valence-corrected chi connectivity index (χ1v) is 24.6. The zero-order valence-electron chi connectivity index (χ0n) is 37.8. The van der Waals surface area contributed by atoms with Crippen molar-refractivity contribution in [2.75, 3.05) is 37.1 Å². The molecule has 4 aromatic carbocycles. The molecule has 6 rings (SSSR count). The Hall–Kier alpha value is -6.26. The first kappa shape index (κ1) is 48.8. The van der Waals surface area contributed by atoms with Crippen LogP contribution in [0.15, 0.2) is 119 Å². The van der Waals surface area contributed by atoms with Gasteiger partial charge >= 0.3 is 0 Å². The second-order valence-electron chi connectivity index (χ2n) is 18.3. The summed E-state index contributed by atoms with van der Waals surface area (Å²) in [5.41, 5.74) is 19.1. The SMILES string of the molecule is CC(C)(C)Cn1cc(-c2ccc(C(=O)NCCc3ccc(S(C)(=O)=O)cc3)cc2)c(N)n1.CC(C)(C)Cn1ncc(-c2ccc(C(=O)NCCc3ccc(S(C)(=O)=O)cc3)cc2)c1N. The summed E-state index contributed by atoms with van der Waals surface area (Å²) in [6, 6.07) is 28.0. The molecule has 0 aliphatic carbocycles. The molecule has 64 heavy (non-hydrogen) atoms. The quantitative estimate of drug-likeness (QED) is 0.0869. The first-order valence-electron chi connectivity index (χ1n) is 20.9. The summed E-state index contributed by atoms with van der Waals surface area (Å²) >= 11 is 0. The second kappa shape index (κ2) is 20.1. The van der Waals surface area contributed by atoms with Gasteiger partial charge in [0.2, 0.25) is 0 Å². The Kier molecular flexibility index (Phi) is 15.3. The molecule has 0 fully saturated rings. The number of nitrogens with one attached hydrogen (secondary N) is 2. The maximum absolute atomic E-state index is 12.5. The van der Waals surface area contributed by atoms with Crippen LogP contribution in [0.2, 0.25) is 0 Å². The molecule has 0 saturated carbocycles. The van der Waals surface area contributed by atoms with E-state index >= 15 is 0 Å². The average Bonchev–Trinajstić information content (AvgIpc) is 3.76. The van der Waals surface area contributed by atoms with Crippen LogP contribution in [-0.2, 0) is 45.6 Å². The van der Waals surface area contributed by atoms with E-state index in [0.717, 1.165) is 46.5 Å². The number of nitrogens with two attached hydrogens (primary N) is 2. The third kappa shape index (κ3) is 14.1. The Labute approximate surface area is 377 Å². The molecule has 2 aromatic heterocycles. The predicted molar refractivity (Wildman–Crippen MR) is 254 cm³/mol. The van der Waals surface area contributed by atoms with Gasteiger partial charge in [0, 0.05) is 67.1 Å². The highest BCUT2D eigenvalue weighted by atomic mass is 32.2. The maximum atomic E-state index is 12.5. The summed E-state index contributed by atoms with van der Waals surface area (Å²) < 4.78 is 49.8. The van der Waals surface area contributed by atoms with Crippen LogP contribution in [0, 0.1) is 10.8 Å². The van der Waals surface area contributed by atoms with Crippen LogP contribution in [0.5, 0.6) is 0 Å². The summed E-state index contributed by atoms with van der Waals surface area (Å²) in [4.78, 5) is 25.5. The predicted octanol–water partition coefficient (Wildman–Crippen LogP) is 7.11. The first-order chi connectivity index (χ1) is 29.9. The Balaban J connectivity index is 0.000000241. The number of hydrogen-bond donors (Lipinski definition) is 4. The maximum Gasteiger partial charge on any atom is 0.251 e. The lowest BCUT2D eigenvalue weighted by Crippen LogP contribution is -2.25. The van der Waals surface area contributed by atoms with Gasteiger partial charge in [-0.05, 0) is 94.5 Å². The van der Waals surface area contributed by atoms with Gasteiger partial charge in [0.15, 0.2) is 25.5 Å². The number of hydrogen-bond acceptors (Lipinski definition) is 10. The van der Waals surface area contributed by atoms with E-state index in [0.29, 0.717) is 48.7 Å². The minimum absolute atomic E-state index is 0.0646. The van der Waals surface area contributed by atoms with Crippen LogP contribution < -0.4 is 22.1 Å². The number of carbonyl (C=O) groups is 2. The van der Waals surface area contributed by atoms with E-state index in [-0.39, 0.29) is 32.4 Å². The third-order valence-electron chi connectivity index (χ3n) is 9.95. The normalized spacial score (nSPS) is 12.0. The van der Waals surface area contributed by atoms with Crippen molar-refractivity contribution in [3.8, 4) is 22.3 Å². The van der Waals surface area contributed by atoms with Gasteiger partial charge in [0.25, 0.3) is 11.8 Å². The molecule has 0 aliphatic rings. The highest BCUT2D eigenvalue weighted by Gasteiger charge is 2.18. The van der Waals surface area contributed by atoms with Gasteiger partial charge in [-0.25, -0.2) is 21.5 Å². The molecular formula is C48H60N8O6S2. The molecule has 0 bridgehead atoms. The Morgan fingerprint density at radius 1 is 0.594 bits per heavy atom. The zero-order chi connectivity index (χ0) is 47.0. The lowest BCUT2D eigenvalue weighted by Gasteiger charge is -2.18. The van der Waals surface area contributed by atoms with Crippen LogP contribution in [0.4, 0.5) is 11.6 Å². The highest BCUT2D eigenvalue weighted by molar-refractivity contribution is 7.91. The smallest absolute Gasteiger partial charge is 0.251 e. The molecule has 2 amide bonds. The molecule has 0 unspecified atom stereocenters. The fraction of sp³-hybridized carbons (Fsp3) is 0.333. The van der Waals surface area contributed by atoms with Gasteiger partial charge in [-0.3, -0.25) is 14.3 Å². The van der Waals surface area contributed by atoms with Crippen molar-refractivity contribution in [2.24, 2.45) is 10.8 Å². The van der Waals surface area contributed by atoms with Gasteiger partial charge in [-0.2, -0.15) is 10.2 Å². The van der Waals surface area contributed by atoms with Crippen molar-refractivity contribution in [3.05, 3.63) is 132 Å². The largest absolute Gasteiger partial charge is 0.383 e.